The minimum atomic E-state index is -0.303. The van der Waals surface area contributed by atoms with E-state index < -0.39 is 0 Å². The molecule has 0 bridgehead atoms. The van der Waals surface area contributed by atoms with E-state index in [9.17, 15) is 4.39 Å². The van der Waals surface area contributed by atoms with Gasteiger partial charge in [-0.25, -0.2) is 14.4 Å². The summed E-state index contributed by atoms with van der Waals surface area (Å²) in [5.74, 6) is 0.971. The number of halogens is 1. The molecule has 0 N–H and O–H groups in total. The van der Waals surface area contributed by atoms with Gasteiger partial charge in [-0.2, -0.15) is 0 Å². The summed E-state index contributed by atoms with van der Waals surface area (Å²) in [6, 6.07) is 14.5. The van der Waals surface area contributed by atoms with Gasteiger partial charge in [-0.1, -0.05) is 30.3 Å². The first-order valence-electron chi connectivity index (χ1n) is 8.46. The Morgan fingerprint density at radius 1 is 1.08 bits per heavy atom. The first-order valence-corrected chi connectivity index (χ1v) is 8.46. The molecular weight excluding hydrogens is 327 g/mol. The van der Waals surface area contributed by atoms with Crippen molar-refractivity contribution in [2.24, 2.45) is 4.99 Å². The van der Waals surface area contributed by atoms with Gasteiger partial charge in [0, 0.05) is 24.7 Å². The highest BCUT2D eigenvalue weighted by Crippen LogP contribution is 2.32. The Labute approximate surface area is 152 Å². The van der Waals surface area contributed by atoms with Crippen LogP contribution < -0.4 is 4.90 Å². The molecule has 2 aromatic carbocycles. The van der Waals surface area contributed by atoms with Crippen molar-refractivity contribution in [2.45, 2.75) is 13.3 Å². The number of fused-ring (bicyclic) bond motifs is 1. The molecule has 0 amide bonds. The van der Waals surface area contributed by atoms with Crippen LogP contribution >= 0.6 is 0 Å². The van der Waals surface area contributed by atoms with Crippen molar-refractivity contribution in [3.63, 3.8) is 0 Å². The van der Waals surface area contributed by atoms with Gasteiger partial charge in [-0.3, -0.25) is 0 Å². The predicted octanol–water partition coefficient (Wildman–Crippen LogP) is 4.87. The number of nitrogens with zero attached hydrogens (tertiary/aromatic N) is 4. The molecule has 1 aromatic heterocycles. The van der Waals surface area contributed by atoms with E-state index in [1.165, 1.54) is 11.8 Å². The molecular formula is C21H21FN4. The van der Waals surface area contributed by atoms with Crippen molar-refractivity contribution in [1.82, 2.24) is 9.97 Å². The second kappa shape index (κ2) is 7.87. The van der Waals surface area contributed by atoms with Crippen LogP contribution in [0.2, 0.25) is 0 Å². The third-order valence-electron chi connectivity index (χ3n) is 4.17. The van der Waals surface area contributed by atoms with E-state index in [1.54, 1.807) is 25.2 Å². The lowest BCUT2D eigenvalue weighted by Gasteiger charge is -2.21. The highest BCUT2D eigenvalue weighted by molar-refractivity contribution is 5.92. The number of aromatic nitrogens is 2. The molecule has 132 valence electrons. The molecule has 0 fully saturated rings. The molecule has 4 nitrogen and oxygen atoms in total. The number of allylic oxidation sites excluding steroid dienone is 1. The van der Waals surface area contributed by atoms with Crippen LogP contribution in [0, 0.1) is 5.82 Å². The van der Waals surface area contributed by atoms with Gasteiger partial charge in [-0.05, 0) is 44.3 Å². The molecule has 0 atom stereocenters. The zero-order chi connectivity index (χ0) is 18.5. The largest absolute Gasteiger partial charge is 0.330 e. The van der Waals surface area contributed by atoms with Gasteiger partial charge < -0.3 is 9.89 Å². The summed E-state index contributed by atoms with van der Waals surface area (Å²) in [6.07, 6.45) is 3.19. The Morgan fingerprint density at radius 3 is 2.46 bits per heavy atom. The highest BCUT2D eigenvalue weighted by atomic mass is 19.1. The molecule has 5 heteroatoms. The molecule has 1 aliphatic rings. The van der Waals surface area contributed by atoms with Crippen molar-refractivity contribution in [3.05, 3.63) is 66.1 Å². The zero-order valence-corrected chi connectivity index (χ0v) is 15.0. The SMILES string of the molecule is C=NC.CC1=CCCN1c1nc(-c2ccccc2F)nc2ccccc12. The minimum Gasteiger partial charge on any atom is -0.330 e. The maximum absolute atomic E-state index is 14.2. The average Bonchev–Trinajstić information content (AvgIpc) is 3.08. The van der Waals surface area contributed by atoms with Gasteiger partial charge in [0.25, 0.3) is 0 Å². The van der Waals surface area contributed by atoms with Crippen LogP contribution in [0.15, 0.2) is 65.3 Å². The number of hydrogen-bond acceptors (Lipinski definition) is 4. The first-order chi connectivity index (χ1) is 12.7. The Bertz CT molecular complexity index is 965. The van der Waals surface area contributed by atoms with Gasteiger partial charge in [-0.15, -0.1) is 0 Å². The van der Waals surface area contributed by atoms with Crippen molar-refractivity contribution in [3.8, 4) is 11.4 Å². The fraction of sp³-hybridized carbons (Fsp3) is 0.190. The molecule has 26 heavy (non-hydrogen) atoms. The smallest absolute Gasteiger partial charge is 0.165 e. The number of aliphatic imine (C=N–C) groups is 1. The quantitative estimate of drug-likeness (QED) is 0.621. The average molecular weight is 348 g/mol. The Balaban J connectivity index is 0.000000613. The fourth-order valence-electron chi connectivity index (χ4n) is 2.99. The normalized spacial score (nSPS) is 13.2. The first kappa shape index (κ1) is 17.7. The van der Waals surface area contributed by atoms with Crippen LogP contribution in [-0.4, -0.2) is 30.3 Å². The van der Waals surface area contributed by atoms with Crippen molar-refractivity contribution >= 4 is 23.4 Å². The van der Waals surface area contributed by atoms with E-state index in [-0.39, 0.29) is 5.82 Å². The molecule has 1 aliphatic heterocycles. The molecule has 0 aliphatic carbocycles. The van der Waals surface area contributed by atoms with Crippen LogP contribution in [0.5, 0.6) is 0 Å². The zero-order valence-electron chi connectivity index (χ0n) is 15.0. The maximum atomic E-state index is 14.2. The predicted molar refractivity (Wildman–Crippen MR) is 106 cm³/mol. The van der Waals surface area contributed by atoms with Crippen LogP contribution in [0.3, 0.4) is 0 Å². The van der Waals surface area contributed by atoms with Gasteiger partial charge in [0.05, 0.1) is 11.1 Å². The molecule has 3 aromatic rings. The Morgan fingerprint density at radius 2 is 1.77 bits per heavy atom. The lowest BCUT2D eigenvalue weighted by molar-refractivity contribution is 0.630. The molecule has 0 spiro atoms. The van der Waals surface area contributed by atoms with Crippen molar-refractivity contribution in [2.75, 3.05) is 18.5 Å². The maximum Gasteiger partial charge on any atom is 0.165 e. The van der Waals surface area contributed by atoms with Gasteiger partial charge in [0.2, 0.25) is 0 Å². The van der Waals surface area contributed by atoms with E-state index in [0.29, 0.717) is 11.4 Å². The third-order valence-corrected chi connectivity index (χ3v) is 4.17. The number of rotatable bonds is 2. The molecule has 4 rings (SSSR count). The Kier molecular flexibility index (Phi) is 5.37. The Hall–Kier alpha value is -3.08. The van der Waals surface area contributed by atoms with E-state index in [1.807, 2.05) is 24.3 Å². The molecule has 0 saturated heterocycles. The van der Waals surface area contributed by atoms with E-state index in [0.717, 1.165) is 29.7 Å². The lowest BCUT2D eigenvalue weighted by atomic mass is 10.1. The molecule has 0 unspecified atom stereocenters. The summed E-state index contributed by atoms with van der Waals surface area (Å²) in [5, 5.41) is 0.988. The fourth-order valence-corrected chi connectivity index (χ4v) is 2.99. The topological polar surface area (TPSA) is 41.4 Å². The summed E-state index contributed by atoms with van der Waals surface area (Å²) in [7, 11) is 1.64. The number of hydrogen-bond donors (Lipinski definition) is 0. The monoisotopic (exact) mass is 348 g/mol. The molecule has 2 heterocycles. The van der Waals surface area contributed by atoms with Crippen LogP contribution in [0.4, 0.5) is 10.2 Å². The van der Waals surface area contributed by atoms with Gasteiger partial charge in [0.15, 0.2) is 5.82 Å². The second-order valence-corrected chi connectivity index (χ2v) is 5.97. The standard InChI is InChI=1S/C19H16FN3.C2H5N/c1-13-7-6-12-23(13)19-15-9-3-5-11-17(15)21-18(22-19)14-8-2-4-10-16(14)20;1-3-2/h2-5,7-11H,6,12H2,1H3;1H2,2H3. The molecule has 0 saturated carbocycles. The highest BCUT2D eigenvalue weighted by Gasteiger charge is 2.20. The number of anilines is 1. The van der Waals surface area contributed by atoms with E-state index in [4.69, 9.17) is 4.98 Å². The van der Waals surface area contributed by atoms with Gasteiger partial charge in [0.1, 0.15) is 11.6 Å². The third kappa shape index (κ3) is 3.47. The van der Waals surface area contributed by atoms with Crippen LogP contribution in [0.1, 0.15) is 13.3 Å². The van der Waals surface area contributed by atoms with Gasteiger partial charge >= 0.3 is 0 Å². The van der Waals surface area contributed by atoms with Crippen LogP contribution in [-0.2, 0) is 0 Å². The summed E-state index contributed by atoms with van der Waals surface area (Å²) in [6.45, 7) is 6.08. The summed E-state index contributed by atoms with van der Waals surface area (Å²) in [4.78, 5) is 14.7. The minimum absolute atomic E-state index is 0.303. The van der Waals surface area contributed by atoms with E-state index in [2.05, 4.69) is 34.6 Å². The summed E-state index contributed by atoms with van der Waals surface area (Å²) >= 11 is 0. The van der Waals surface area contributed by atoms with Crippen molar-refractivity contribution < 1.29 is 4.39 Å². The molecule has 0 radical (unpaired) electrons. The second-order valence-electron chi connectivity index (χ2n) is 5.97. The van der Waals surface area contributed by atoms with Crippen molar-refractivity contribution in [1.29, 1.82) is 0 Å². The van der Waals surface area contributed by atoms with E-state index >= 15 is 0 Å². The summed E-state index contributed by atoms with van der Waals surface area (Å²) in [5.41, 5.74) is 2.43. The summed E-state index contributed by atoms with van der Waals surface area (Å²) < 4.78 is 14.2. The number of benzene rings is 2. The van der Waals surface area contributed by atoms with Crippen LogP contribution in [0.25, 0.3) is 22.3 Å². The number of para-hydroxylation sites is 1. The lowest BCUT2D eigenvalue weighted by Crippen LogP contribution is -2.19.